The van der Waals surface area contributed by atoms with Crippen LogP contribution in [0.2, 0.25) is 0 Å². The molecule has 0 atom stereocenters. The van der Waals surface area contributed by atoms with E-state index in [2.05, 4.69) is 21.2 Å². The molecule has 7 nitrogen and oxygen atoms in total. The van der Waals surface area contributed by atoms with Crippen molar-refractivity contribution in [3.63, 3.8) is 0 Å². The third-order valence-electron chi connectivity index (χ3n) is 4.69. The molecule has 0 heterocycles. The summed E-state index contributed by atoms with van der Waals surface area (Å²) in [4.78, 5) is 12.5. The first-order chi connectivity index (χ1) is 15.2. The molecule has 0 unspecified atom stereocenters. The van der Waals surface area contributed by atoms with Crippen LogP contribution in [-0.2, 0) is 10.0 Å². The van der Waals surface area contributed by atoms with Gasteiger partial charge in [0.1, 0.15) is 5.82 Å². The van der Waals surface area contributed by atoms with E-state index in [0.717, 1.165) is 4.31 Å². The fraction of sp³-hybridized carbons (Fsp3) is 0.136. The maximum absolute atomic E-state index is 14.0. The number of benzene rings is 3. The predicted octanol–water partition coefficient (Wildman–Crippen LogP) is 4.68. The molecule has 0 saturated carbocycles. The summed E-state index contributed by atoms with van der Waals surface area (Å²) in [6.07, 6.45) is 0. The average Bonchev–Trinajstić information content (AvgIpc) is 2.79. The Balaban J connectivity index is 1.81. The van der Waals surface area contributed by atoms with E-state index in [-0.39, 0.29) is 21.9 Å². The molecule has 0 aliphatic carbocycles. The van der Waals surface area contributed by atoms with Crippen molar-refractivity contribution in [2.45, 2.75) is 4.90 Å². The number of anilines is 2. The van der Waals surface area contributed by atoms with Crippen LogP contribution in [0.1, 0.15) is 10.4 Å². The summed E-state index contributed by atoms with van der Waals surface area (Å²) >= 11 is 3.16. The molecule has 0 bridgehead atoms. The molecule has 3 aromatic rings. The van der Waals surface area contributed by atoms with E-state index in [1.165, 1.54) is 75.9 Å². The molecule has 0 fully saturated rings. The molecule has 3 rings (SSSR count). The highest BCUT2D eigenvalue weighted by Crippen LogP contribution is 2.31. The summed E-state index contributed by atoms with van der Waals surface area (Å²) in [6, 6.07) is 14.5. The van der Waals surface area contributed by atoms with Gasteiger partial charge in [0.05, 0.1) is 30.5 Å². The Hall–Kier alpha value is -3.11. The zero-order valence-corrected chi connectivity index (χ0v) is 19.8. The molecule has 3 aromatic carbocycles. The van der Waals surface area contributed by atoms with E-state index < -0.39 is 21.7 Å². The molecule has 1 amide bonds. The van der Waals surface area contributed by atoms with Gasteiger partial charge in [-0.3, -0.25) is 9.10 Å². The Morgan fingerprint density at radius 3 is 2.22 bits per heavy atom. The normalized spacial score (nSPS) is 11.0. The van der Waals surface area contributed by atoms with Crippen molar-refractivity contribution in [3.8, 4) is 11.5 Å². The Morgan fingerprint density at radius 1 is 0.969 bits per heavy atom. The first-order valence-corrected chi connectivity index (χ1v) is 11.5. The molecule has 1 N–H and O–H groups in total. The lowest BCUT2D eigenvalue weighted by Crippen LogP contribution is -2.26. The molecular weight excluding hydrogens is 503 g/mol. The Labute approximate surface area is 193 Å². The number of nitrogens with one attached hydrogen (secondary N) is 1. The second-order valence-corrected chi connectivity index (χ2v) is 9.50. The first kappa shape index (κ1) is 23.6. The topological polar surface area (TPSA) is 84.9 Å². The van der Waals surface area contributed by atoms with E-state index in [4.69, 9.17) is 9.47 Å². The van der Waals surface area contributed by atoms with Gasteiger partial charge in [-0.1, -0.05) is 15.9 Å². The summed E-state index contributed by atoms with van der Waals surface area (Å²) in [5.74, 6) is -0.408. The van der Waals surface area contributed by atoms with Crippen LogP contribution in [0.25, 0.3) is 0 Å². The van der Waals surface area contributed by atoms with E-state index in [1.807, 2.05) is 0 Å². The van der Waals surface area contributed by atoms with Gasteiger partial charge in [0.25, 0.3) is 15.9 Å². The highest BCUT2D eigenvalue weighted by Gasteiger charge is 2.23. The average molecular weight is 523 g/mol. The largest absolute Gasteiger partial charge is 0.493 e. The van der Waals surface area contributed by atoms with Crippen LogP contribution in [0.3, 0.4) is 0 Å². The van der Waals surface area contributed by atoms with Crippen LogP contribution in [-0.4, -0.2) is 35.6 Å². The number of carbonyl (C=O) groups excluding carboxylic acids is 1. The molecule has 10 heteroatoms. The SMILES string of the molecule is COc1ccc(S(=O)(=O)N(C)c2ccc(C(=O)Nc3ccc(Br)cc3F)cc2)cc1OC. The molecule has 32 heavy (non-hydrogen) atoms. The quantitative estimate of drug-likeness (QED) is 0.486. The van der Waals surface area contributed by atoms with Crippen molar-refractivity contribution >= 4 is 43.2 Å². The van der Waals surface area contributed by atoms with Gasteiger partial charge in [0, 0.05) is 23.2 Å². The molecular formula is C22H20BrFN2O5S. The minimum Gasteiger partial charge on any atom is -0.493 e. The lowest BCUT2D eigenvalue weighted by Gasteiger charge is -2.20. The van der Waals surface area contributed by atoms with Crippen molar-refractivity contribution in [1.82, 2.24) is 0 Å². The van der Waals surface area contributed by atoms with Crippen molar-refractivity contribution in [1.29, 1.82) is 0 Å². The van der Waals surface area contributed by atoms with Gasteiger partial charge in [-0.05, 0) is 54.6 Å². The number of methoxy groups -OCH3 is 2. The van der Waals surface area contributed by atoms with Gasteiger partial charge in [0.2, 0.25) is 0 Å². The van der Waals surface area contributed by atoms with E-state index in [0.29, 0.717) is 15.9 Å². The number of carbonyl (C=O) groups is 1. The fourth-order valence-corrected chi connectivity index (χ4v) is 4.43. The number of nitrogens with zero attached hydrogens (tertiary/aromatic N) is 1. The number of sulfonamides is 1. The van der Waals surface area contributed by atoms with Crippen LogP contribution >= 0.6 is 15.9 Å². The second kappa shape index (κ2) is 9.58. The van der Waals surface area contributed by atoms with Gasteiger partial charge in [-0.2, -0.15) is 0 Å². The predicted molar refractivity (Wildman–Crippen MR) is 124 cm³/mol. The highest BCUT2D eigenvalue weighted by atomic mass is 79.9. The molecule has 0 radical (unpaired) electrons. The van der Waals surface area contributed by atoms with Gasteiger partial charge in [-0.15, -0.1) is 0 Å². The summed E-state index contributed by atoms with van der Waals surface area (Å²) in [5.41, 5.74) is 0.620. The fourth-order valence-electron chi connectivity index (χ4n) is 2.88. The Kier molecular flexibility index (Phi) is 7.05. The summed E-state index contributed by atoms with van der Waals surface area (Å²) in [7, 11) is 0.381. The van der Waals surface area contributed by atoms with E-state index >= 15 is 0 Å². The summed E-state index contributed by atoms with van der Waals surface area (Å²) < 4.78 is 52.0. The van der Waals surface area contributed by atoms with E-state index in [9.17, 15) is 17.6 Å². The number of halogens is 2. The number of hydrogen-bond acceptors (Lipinski definition) is 5. The smallest absolute Gasteiger partial charge is 0.264 e. The second-order valence-electron chi connectivity index (χ2n) is 6.61. The van der Waals surface area contributed by atoms with Crippen LogP contribution in [0, 0.1) is 5.82 Å². The number of hydrogen-bond donors (Lipinski definition) is 1. The summed E-state index contributed by atoms with van der Waals surface area (Å²) in [6.45, 7) is 0. The van der Waals surface area contributed by atoms with Crippen molar-refractivity contribution in [3.05, 3.63) is 76.5 Å². The van der Waals surface area contributed by atoms with E-state index in [1.54, 1.807) is 6.07 Å². The van der Waals surface area contributed by atoms with Gasteiger partial charge < -0.3 is 14.8 Å². The zero-order valence-electron chi connectivity index (χ0n) is 17.4. The monoisotopic (exact) mass is 522 g/mol. The molecule has 0 spiro atoms. The van der Waals surface area contributed by atoms with Gasteiger partial charge in [0.15, 0.2) is 11.5 Å². The van der Waals surface area contributed by atoms with Crippen LogP contribution < -0.4 is 19.1 Å². The maximum Gasteiger partial charge on any atom is 0.264 e. The standard InChI is InChI=1S/C22H20BrFN2O5S/c1-26(32(28,29)17-9-11-20(30-2)21(13-17)31-3)16-7-4-14(5-8-16)22(27)25-19-10-6-15(23)12-18(19)24/h4-13H,1-3H3,(H,25,27). The number of rotatable bonds is 7. The lowest BCUT2D eigenvalue weighted by atomic mass is 10.2. The highest BCUT2D eigenvalue weighted by molar-refractivity contribution is 9.10. The van der Waals surface area contributed by atoms with Crippen LogP contribution in [0.5, 0.6) is 11.5 Å². The molecule has 168 valence electrons. The first-order valence-electron chi connectivity index (χ1n) is 9.25. The van der Waals surface area contributed by atoms with Crippen molar-refractivity contribution < 1.29 is 27.1 Å². The Bertz CT molecular complexity index is 1250. The Morgan fingerprint density at radius 2 is 1.62 bits per heavy atom. The molecule has 0 aliphatic rings. The van der Waals surface area contributed by atoms with Crippen molar-refractivity contribution in [2.75, 3.05) is 30.9 Å². The van der Waals surface area contributed by atoms with Crippen molar-refractivity contribution in [2.24, 2.45) is 0 Å². The minimum absolute atomic E-state index is 0.0187. The van der Waals surface area contributed by atoms with Gasteiger partial charge in [-0.25, -0.2) is 12.8 Å². The van der Waals surface area contributed by atoms with Crippen LogP contribution in [0.15, 0.2) is 70.0 Å². The third kappa shape index (κ3) is 4.86. The zero-order chi connectivity index (χ0) is 23.5. The minimum atomic E-state index is -3.90. The summed E-state index contributed by atoms with van der Waals surface area (Å²) in [5, 5.41) is 2.49. The molecule has 0 aliphatic heterocycles. The van der Waals surface area contributed by atoms with Gasteiger partial charge >= 0.3 is 0 Å². The number of amides is 1. The molecule has 0 aromatic heterocycles. The van der Waals surface area contributed by atoms with Crippen LogP contribution in [0.4, 0.5) is 15.8 Å². The maximum atomic E-state index is 14.0. The number of ether oxygens (including phenoxy) is 2. The molecule has 0 saturated heterocycles. The third-order valence-corrected chi connectivity index (χ3v) is 6.96. The lowest BCUT2D eigenvalue weighted by molar-refractivity contribution is 0.102.